The zero-order valence-corrected chi connectivity index (χ0v) is 24.2. The number of nitrogens with zero attached hydrogens (tertiary/aromatic N) is 2. The number of para-hydroxylation sites is 1. The fourth-order valence-corrected chi connectivity index (χ4v) is 6.73. The van der Waals surface area contributed by atoms with Gasteiger partial charge in [0.1, 0.15) is 21.2 Å². The second kappa shape index (κ2) is 11.8. The number of anilines is 3. The van der Waals surface area contributed by atoms with Crippen molar-refractivity contribution in [2.24, 2.45) is 0 Å². The van der Waals surface area contributed by atoms with Gasteiger partial charge in [-0.1, -0.05) is 31.0 Å². The molecule has 216 valence electrons. The number of thiophene rings is 1. The maximum atomic E-state index is 13.9. The van der Waals surface area contributed by atoms with Gasteiger partial charge in [0.05, 0.1) is 29.0 Å². The van der Waals surface area contributed by atoms with Crippen LogP contribution in [0.25, 0.3) is 10.2 Å². The topological polar surface area (TPSA) is 125 Å². The van der Waals surface area contributed by atoms with Crippen LogP contribution in [0, 0.1) is 6.92 Å². The van der Waals surface area contributed by atoms with E-state index >= 15 is 0 Å². The molecule has 2 atom stereocenters. The highest BCUT2D eigenvalue weighted by molar-refractivity contribution is 7.21. The van der Waals surface area contributed by atoms with Crippen LogP contribution >= 0.6 is 11.3 Å². The summed E-state index contributed by atoms with van der Waals surface area (Å²) in [7, 11) is 1.72. The highest BCUT2D eigenvalue weighted by Gasteiger charge is 2.36. The van der Waals surface area contributed by atoms with Gasteiger partial charge in [-0.25, -0.2) is 9.78 Å². The Hall–Kier alpha value is -4.48. The average molecular weight is 585 g/mol. The number of urea groups is 1. The number of ether oxygens (including phenoxy) is 1. The van der Waals surface area contributed by atoms with E-state index < -0.39 is 0 Å². The summed E-state index contributed by atoms with van der Waals surface area (Å²) in [6.07, 6.45) is 5.11. The van der Waals surface area contributed by atoms with Crippen molar-refractivity contribution in [3.8, 4) is 11.5 Å². The van der Waals surface area contributed by atoms with Crippen LogP contribution < -0.4 is 30.9 Å². The third kappa shape index (κ3) is 5.40. The van der Waals surface area contributed by atoms with Gasteiger partial charge in [0.2, 0.25) is 5.91 Å². The average Bonchev–Trinajstić information content (AvgIpc) is 3.36. The molecule has 4 N–H and O–H groups in total. The minimum atomic E-state index is -0.364. The highest BCUT2D eigenvalue weighted by Crippen LogP contribution is 2.47. The SMILES string of the molecule is CNCC(=O)N[C@H]1CCCC[C@H]1NC(=O)c1sc2nccc3c2c1N(c1ccc(Oc2ccccc2)cc1C)C(=O)N3. The Kier molecular flexibility index (Phi) is 7.77. The smallest absolute Gasteiger partial charge is 0.331 e. The first-order valence-corrected chi connectivity index (χ1v) is 14.9. The van der Waals surface area contributed by atoms with Crippen molar-refractivity contribution in [3.63, 3.8) is 0 Å². The predicted molar refractivity (Wildman–Crippen MR) is 164 cm³/mol. The minimum Gasteiger partial charge on any atom is -0.457 e. The monoisotopic (exact) mass is 584 g/mol. The Balaban J connectivity index is 1.34. The molecule has 1 aliphatic heterocycles. The van der Waals surface area contributed by atoms with Crippen molar-refractivity contribution in [3.05, 3.63) is 71.2 Å². The van der Waals surface area contributed by atoms with E-state index in [1.165, 1.54) is 11.3 Å². The van der Waals surface area contributed by atoms with Crippen molar-refractivity contribution in [1.29, 1.82) is 0 Å². The number of rotatable bonds is 8. The number of aromatic nitrogens is 1. The maximum absolute atomic E-state index is 13.9. The van der Waals surface area contributed by atoms with Gasteiger partial charge < -0.3 is 26.0 Å². The molecule has 0 saturated heterocycles. The first-order chi connectivity index (χ1) is 20.4. The molecule has 2 aliphatic rings. The largest absolute Gasteiger partial charge is 0.457 e. The molecule has 6 rings (SSSR count). The Morgan fingerprint density at radius 3 is 2.55 bits per heavy atom. The van der Waals surface area contributed by atoms with Crippen LogP contribution in [-0.2, 0) is 4.79 Å². The predicted octanol–water partition coefficient (Wildman–Crippen LogP) is 5.46. The number of nitrogens with one attached hydrogen (secondary N) is 4. The third-order valence-corrected chi connectivity index (χ3v) is 8.68. The highest BCUT2D eigenvalue weighted by atomic mass is 32.1. The number of likely N-dealkylation sites (N-methyl/N-ethyl adjacent to an activating group) is 1. The fraction of sp³-hybridized carbons (Fsp3) is 0.290. The van der Waals surface area contributed by atoms with Crippen molar-refractivity contribution >= 4 is 56.5 Å². The quantitative estimate of drug-likeness (QED) is 0.218. The van der Waals surface area contributed by atoms with E-state index in [-0.39, 0.29) is 36.5 Å². The second-order valence-electron chi connectivity index (χ2n) is 10.5. The summed E-state index contributed by atoms with van der Waals surface area (Å²) in [6, 6.07) is 16.0. The summed E-state index contributed by atoms with van der Waals surface area (Å²) in [4.78, 5) is 47.0. The Morgan fingerprint density at radius 2 is 1.81 bits per heavy atom. The number of hydrogen-bond acceptors (Lipinski definition) is 7. The van der Waals surface area contributed by atoms with Crippen LogP contribution in [0.15, 0.2) is 60.8 Å². The fourth-order valence-electron chi connectivity index (χ4n) is 5.68. The van der Waals surface area contributed by atoms with Crippen molar-refractivity contribution < 1.29 is 19.1 Å². The Morgan fingerprint density at radius 1 is 1.05 bits per heavy atom. The molecule has 0 unspecified atom stereocenters. The van der Waals surface area contributed by atoms with Crippen LogP contribution in [0.4, 0.5) is 21.9 Å². The van der Waals surface area contributed by atoms with Gasteiger partial charge in [0.15, 0.2) is 0 Å². The van der Waals surface area contributed by atoms with Gasteiger partial charge >= 0.3 is 6.03 Å². The van der Waals surface area contributed by atoms with E-state index in [0.717, 1.165) is 36.6 Å². The van der Waals surface area contributed by atoms with Crippen LogP contribution in [0.3, 0.4) is 0 Å². The molecule has 3 heterocycles. The summed E-state index contributed by atoms with van der Waals surface area (Å²) >= 11 is 1.25. The van der Waals surface area contributed by atoms with Gasteiger partial charge in [0.25, 0.3) is 5.91 Å². The van der Waals surface area contributed by atoms with E-state index in [9.17, 15) is 14.4 Å². The first kappa shape index (κ1) is 27.7. The molecule has 1 aliphatic carbocycles. The number of aryl methyl sites for hydroxylation is 1. The minimum absolute atomic E-state index is 0.104. The van der Waals surface area contributed by atoms with E-state index in [1.807, 2.05) is 55.5 Å². The maximum Gasteiger partial charge on any atom is 0.331 e. The second-order valence-corrected chi connectivity index (χ2v) is 11.5. The molecule has 1 fully saturated rings. The number of benzene rings is 2. The van der Waals surface area contributed by atoms with Gasteiger partial charge in [-0.05, 0) is 68.8 Å². The lowest BCUT2D eigenvalue weighted by Crippen LogP contribution is -2.54. The number of carbonyl (C=O) groups excluding carboxylic acids is 3. The lowest BCUT2D eigenvalue weighted by molar-refractivity contribution is -0.121. The molecule has 10 nitrogen and oxygen atoms in total. The molecular formula is C31H32N6O4S. The van der Waals surface area contributed by atoms with Crippen LogP contribution in [0.2, 0.25) is 0 Å². The van der Waals surface area contributed by atoms with E-state index in [0.29, 0.717) is 38.3 Å². The van der Waals surface area contributed by atoms with Crippen LogP contribution in [0.1, 0.15) is 40.9 Å². The molecule has 0 radical (unpaired) electrons. The summed E-state index contributed by atoms with van der Waals surface area (Å²) in [5.74, 6) is 0.952. The van der Waals surface area contributed by atoms with E-state index in [2.05, 4.69) is 26.3 Å². The molecular weight excluding hydrogens is 552 g/mol. The summed E-state index contributed by atoms with van der Waals surface area (Å²) in [6.45, 7) is 2.12. The Bertz CT molecular complexity index is 1660. The molecule has 42 heavy (non-hydrogen) atoms. The first-order valence-electron chi connectivity index (χ1n) is 14.0. The summed E-state index contributed by atoms with van der Waals surface area (Å²) in [5.41, 5.74) is 2.55. The molecule has 4 aromatic rings. The van der Waals surface area contributed by atoms with Gasteiger partial charge in [-0.15, -0.1) is 11.3 Å². The van der Waals surface area contributed by atoms with E-state index in [1.54, 1.807) is 24.2 Å². The zero-order valence-electron chi connectivity index (χ0n) is 23.4. The molecule has 2 aromatic heterocycles. The molecule has 11 heteroatoms. The molecule has 4 amide bonds. The van der Waals surface area contributed by atoms with Crippen LogP contribution in [0.5, 0.6) is 11.5 Å². The van der Waals surface area contributed by atoms with Gasteiger partial charge in [-0.3, -0.25) is 14.5 Å². The van der Waals surface area contributed by atoms with Gasteiger partial charge in [-0.2, -0.15) is 0 Å². The Labute approximate surface area is 247 Å². The number of hydrogen-bond donors (Lipinski definition) is 4. The van der Waals surface area contributed by atoms with Crippen molar-refractivity contribution in [1.82, 2.24) is 20.9 Å². The lowest BCUT2D eigenvalue weighted by Gasteiger charge is -2.33. The summed E-state index contributed by atoms with van der Waals surface area (Å²) < 4.78 is 6.00. The number of carbonyl (C=O) groups is 3. The normalized spacial score (nSPS) is 18.0. The van der Waals surface area contributed by atoms with Crippen LogP contribution in [-0.4, -0.2) is 48.5 Å². The molecule has 1 saturated carbocycles. The van der Waals surface area contributed by atoms with Gasteiger partial charge in [0, 0.05) is 18.3 Å². The standard InChI is InChI=1S/C31H32N6O4S/c1-18-16-20(41-19-8-4-3-5-9-19)12-13-24(18)37-27-26-23(36-31(37)40)14-15-33-30(26)42-28(27)29(39)35-22-11-7-6-10-21(22)34-25(38)17-32-2/h3-5,8-9,12-16,21-22,32H,6-7,10-11,17H2,1-2H3,(H,34,38)(H,35,39)(H,36,40)/t21-,22+/m0/s1. The zero-order chi connectivity index (χ0) is 29.2. The van der Waals surface area contributed by atoms with Crippen molar-refractivity contribution in [2.45, 2.75) is 44.7 Å². The van der Waals surface area contributed by atoms with E-state index in [4.69, 9.17) is 4.74 Å². The summed E-state index contributed by atoms with van der Waals surface area (Å²) in [5, 5.41) is 12.8. The molecule has 0 bridgehead atoms. The third-order valence-electron chi connectivity index (χ3n) is 7.60. The lowest BCUT2D eigenvalue weighted by atomic mass is 9.90. The van der Waals surface area contributed by atoms with Crippen molar-refractivity contribution in [2.75, 3.05) is 23.8 Å². The number of pyridine rings is 1. The molecule has 0 spiro atoms. The number of amides is 4. The molecule has 2 aromatic carbocycles.